The van der Waals surface area contributed by atoms with Crippen LogP contribution in [0.3, 0.4) is 0 Å². The fraction of sp³-hybridized carbons (Fsp3) is 0.143. The van der Waals surface area contributed by atoms with E-state index in [1.165, 1.54) is 7.05 Å². The highest BCUT2D eigenvalue weighted by Crippen LogP contribution is 2.14. The van der Waals surface area contributed by atoms with Crippen LogP contribution < -0.4 is 22.9 Å². The van der Waals surface area contributed by atoms with Crippen LogP contribution in [0.1, 0.15) is 0 Å². The lowest BCUT2D eigenvalue weighted by Crippen LogP contribution is -1.93. The van der Waals surface area contributed by atoms with Crippen molar-refractivity contribution in [2.24, 2.45) is 5.73 Å². The van der Waals surface area contributed by atoms with Gasteiger partial charge < -0.3 is 22.9 Å². The van der Waals surface area contributed by atoms with Crippen LogP contribution in [0, 0.1) is 0 Å². The number of rotatable bonds is 0. The van der Waals surface area contributed by atoms with Crippen molar-refractivity contribution in [3.63, 3.8) is 0 Å². The summed E-state index contributed by atoms with van der Waals surface area (Å²) >= 11 is 0. The smallest absolute Gasteiger partial charge is 0.0355 e. The van der Waals surface area contributed by atoms with Crippen molar-refractivity contribution >= 4 is 17.1 Å². The molecule has 0 aliphatic rings. The molecule has 0 aromatic heterocycles. The average Bonchev–Trinajstić information content (AvgIpc) is 1.88. The van der Waals surface area contributed by atoms with E-state index in [9.17, 15) is 0 Å². The average molecular weight is 154 g/mol. The zero-order chi connectivity index (χ0) is 8.85. The summed E-state index contributed by atoms with van der Waals surface area (Å²) in [7, 11) is 1.50. The molecule has 11 heavy (non-hydrogen) atoms. The minimum Gasteiger partial charge on any atom is -0.399 e. The van der Waals surface area contributed by atoms with Gasteiger partial charge in [-0.2, -0.15) is 0 Å². The van der Waals surface area contributed by atoms with E-state index in [0.717, 1.165) is 0 Å². The van der Waals surface area contributed by atoms with Gasteiger partial charge in [-0.1, -0.05) is 0 Å². The molecule has 1 aromatic carbocycles. The largest absolute Gasteiger partial charge is 0.399 e. The van der Waals surface area contributed by atoms with E-state index in [2.05, 4.69) is 5.73 Å². The van der Waals surface area contributed by atoms with Gasteiger partial charge >= 0.3 is 0 Å². The van der Waals surface area contributed by atoms with Crippen molar-refractivity contribution in [2.75, 3.05) is 24.2 Å². The molecule has 1 rings (SSSR count). The van der Waals surface area contributed by atoms with Gasteiger partial charge in [0.25, 0.3) is 0 Å². The highest BCUT2D eigenvalue weighted by Gasteiger charge is 1.89. The zero-order valence-corrected chi connectivity index (χ0v) is 6.54. The Labute approximate surface area is 66.2 Å². The van der Waals surface area contributed by atoms with Gasteiger partial charge in [0, 0.05) is 17.1 Å². The molecular weight excluding hydrogens is 140 g/mol. The Kier molecular flexibility index (Phi) is 3.84. The SMILES string of the molecule is CN.Nc1cc(N)cc(N)c1. The fourth-order valence-electron chi connectivity index (χ4n) is 0.702. The molecule has 0 saturated carbocycles. The molecular formula is C7H14N4. The molecule has 0 amide bonds. The molecule has 0 spiro atoms. The lowest BCUT2D eigenvalue weighted by atomic mass is 10.2. The van der Waals surface area contributed by atoms with Crippen molar-refractivity contribution in [2.45, 2.75) is 0 Å². The van der Waals surface area contributed by atoms with E-state index in [4.69, 9.17) is 17.2 Å². The molecule has 8 N–H and O–H groups in total. The Bertz CT molecular complexity index is 171. The van der Waals surface area contributed by atoms with E-state index in [-0.39, 0.29) is 0 Å². The zero-order valence-electron chi connectivity index (χ0n) is 6.54. The molecule has 0 bridgehead atoms. The van der Waals surface area contributed by atoms with Crippen LogP contribution in [0.4, 0.5) is 17.1 Å². The molecule has 0 atom stereocenters. The van der Waals surface area contributed by atoms with E-state index >= 15 is 0 Å². The Hall–Kier alpha value is -1.42. The number of nitrogens with two attached hydrogens (primary N) is 4. The van der Waals surface area contributed by atoms with Gasteiger partial charge in [0.1, 0.15) is 0 Å². The Balaban J connectivity index is 0.000000461. The highest BCUT2D eigenvalue weighted by atomic mass is 14.6. The van der Waals surface area contributed by atoms with Crippen LogP contribution in [0.5, 0.6) is 0 Å². The topological polar surface area (TPSA) is 104 Å². The van der Waals surface area contributed by atoms with Crippen LogP contribution in [-0.2, 0) is 0 Å². The summed E-state index contributed by atoms with van der Waals surface area (Å²) in [6.45, 7) is 0. The minimum absolute atomic E-state index is 0.604. The third-order valence-electron chi connectivity index (χ3n) is 1.00. The van der Waals surface area contributed by atoms with Crippen molar-refractivity contribution in [3.05, 3.63) is 18.2 Å². The molecule has 4 nitrogen and oxygen atoms in total. The third kappa shape index (κ3) is 3.32. The van der Waals surface area contributed by atoms with Crippen molar-refractivity contribution in [1.29, 1.82) is 0 Å². The summed E-state index contributed by atoms with van der Waals surface area (Å²) in [4.78, 5) is 0. The lowest BCUT2D eigenvalue weighted by Gasteiger charge is -1.97. The van der Waals surface area contributed by atoms with Crippen molar-refractivity contribution in [3.8, 4) is 0 Å². The first-order chi connectivity index (χ1) is 5.18. The minimum atomic E-state index is 0.604. The summed E-state index contributed by atoms with van der Waals surface area (Å²) in [5, 5.41) is 0. The Morgan fingerprint density at radius 1 is 0.727 bits per heavy atom. The van der Waals surface area contributed by atoms with Gasteiger partial charge in [-0.25, -0.2) is 0 Å². The van der Waals surface area contributed by atoms with E-state index in [1.807, 2.05) is 0 Å². The molecule has 0 fully saturated rings. The molecule has 0 aliphatic heterocycles. The molecule has 62 valence electrons. The predicted molar refractivity (Wildman–Crippen MR) is 49.8 cm³/mol. The fourth-order valence-corrected chi connectivity index (χ4v) is 0.702. The lowest BCUT2D eigenvalue weighted by molar-refractivity contribution is 1.48. The monoisotopic (exact) mass is 154 g/mol. The molecule has 4 heteroatoms. The van der Waals surface area contributed by atoms with Gasteiger partial charge in [-0.05, 0) is 25.2 Å². The van der Waals surface area contributed by atoms with Crippen LogP contribution >= 0.6 is 0 Å². The summed E-state index contributed by atoms with van der Waals surface area (Å²) in [6, 6.07) is 4.99. The molecule has 0 radical (unpaired) electrons. The van der Waals surface area contributed by atoms with E-state index in [1.54, 1.807) is 18.2 Å². The molecule has 1 aromatic rings. The predicted octanol–water partition coefficient (Wildman–Crippen LogP) is 0.00810. The van der Waals surface area contributed by atoms with Crippen LogP contribution in [-0.4, -0.2) is 7.05 Å². The highest BCUT2D eigenvalue weighted by molar-refractivity contribution is 5.61. The summed E-state index contributed by atoms with van der Waals surface area (Å²) in [5.41, 5.74) is 22.5. The Morgan fingerprint density at radius 2 is 0.909 bits per heavy atom. The Morgan fingerprint density at radius 3 is 1.09 bits per heavy atom. The van der Waals surface area contributed by atoms with Gasteiger partial charge in [0.05, 0.1) is 0 Å². The first-order valence-corrected chi connectivity index (χ1v) is 3.18. The van der Waals surface area contributed by atoms with Gasteiger partial charge in [0.15, 0.2) is 0 Å². The van der Waals surface area contributed by atoms with E-state index in [0.29, 0.717) is 17.1 Å². The molecule has 0 heterocycles. The molecule has 0 saturated heterocycles. The van der Waals surface area contributed by atoms with Gasteiger partial charge in [0.2, 0.25) is 0 Å². The summed E-state index contributed by atoms with van der Waals surface area (Å²) in [6.07, 6.45) is 0. The number of hydrogen-bond donors (Lipinski definition) is 4. The van der Waals surface area contributed by atoms with Crippen molar-refractivity contribution < 1.29 is 0 Å². The second-order valence-corrected chi connectivity index (χ2v) is 1.93. The van der Waals surface area contributed by atoms with Crippen LogP contribution in [0.2, 0.25) is 0 Å². The number of nitrogen functional groups attached to an aromatic ring is 3. The summed E-state index contributed by atoms with van der Waals surface area (Å²) in [5.74, 6) is 0. The van der Waals surface area contributed by atoms with Crippen molar-refractivity contribution in [1.82, 2.24) is 0 Å². The normalized spacial score (nSPS) is 8.18. The quantitative estimate of drug-likeness (QED) is 0.395. The first kappa shape index (κ1) is 9.58. The third-order valence-corrected chi connectivity index (χ3v) is 1.00. The second-order valence-electron chi connectivity index (χ2n) is 1.93. The van der Waals surface area contributed by atoms with Crippen LogP contribution in [0.25, 0.3) is 0 Å². The van der Waals surface area contributed by atoms with Gasteiger partial charge in [-0.15, -0.1) is 0 Å². The van der Waals surface area contributed by atoms with E-state index < -0.39 is 0 Å². The molecule has 0 aliphatic carbocycles. The second kappa shape index (κ2) is 4.40. The number of anilines is 3. The number of benzene rings is 1. The maximum atomic E-state index is 5.40. The van der Waals surface area contributed by atoms with Gasteiger partial charge in [-0.3, -0.25) is 0 Å². The number of hydrogen-bond acceptors (Lipinski definition) is 4. The first-order valence-electron chi connectivity index (χ1n) is 3.18. The standard InChI is InChI=1S/C6H9N3.CH5N/c7-4-1-5(8)3-6(9)2-4;1-2/h1-3H,7-9H2;2H2,1H3. The summed E-state index contributed by atoms with van der Waals surface area (Å²) < 4.78 is 0. The maximum absolute atomic E-state index is 5.40. The van der Waals surface area contributed by atoms with Crippen LogP contribution in [0.15, 0.2) is 18.2 Å². The molecule has 0 unspecified atom stereocenters. The maximum Gasteiger partial charge on any atom is 0.0355 e.